The van der Waals surface area contributed by atoms with E-state index in [0.717, 1.165) is 24.3 Å². The molecule has 1 atom stereocenters. The molecular weight excluding hydrogens is 246 g/mol. The van der Waals surface area contributed by atoms with Crippen molar-refractivity contribution in [3.8, 4) is 0 Å². The molecule has 2 fully saturated rings. The first-order chi connectivity index (χ1) is 9.75. The molecule has 3 heteroatoms. The van der Waals surface area contributed by atoms with E-state index in [1.54, 1.807) is 0 Å². The zero-order valence-electron chi connectivity index (χ0n) is 13.1. The Kier molecular flexibility index (Phi) is 4.52. The molecule has 2 saturated carbocycles. The van der Waals surface area contributed by atoms with Crippen molar-refractivity contribution in [2.75, 3.05) is 6.54 Å². The van der Waals surface area contributed by atoms with Crippen LogP contribution in [-0.2, 0) is 0 Å². The molecule has 0 bridgehead atoms. The van der Waals surface area contributed by atoms with Crippen molar-refractivity contribution >= 4 is 5.96 Å². The summed E-state index contributed by atoms with van der Waals surface area (Å²) in [4.78, 5) is 7.17. The Bertz CT molecular complexity index is 336. The van der Waals surface area contributed by atoms with E-state index in [-0.39, 0.29) is 0 Å². The number of rotatable bonds is 2. The van der Waals surface area contributed by atoms with Crippen LogP contribution >= 0.6 is 0 Å². The molecule has 0 aromatic rings. The third-order valence-corrected chi connectivity index (χ3v) is 5.88. The second kappa shape index (κ2) is 6.36. The van der Waals surface area contributed by atoms with Crippen molar-refractivity contribution in [3.05, 3.63) is 0 Å². The van der Waals surface area contributed by atoms with Crippen LogP contribution in [0.3, 0.4) is 0 Å². The lowest BCUT2D eigenvalue weighted by molar-refractivity contribution is 0.141. The van der Waals surface area contributed by atoms with E-state index in [0.29, 0.717) is 12.1 Å². The summed E-state index contributed by atoms with van der Waals surface area (Å²) in [5.74, 6) is 2.61. The van der Waals surface area contributed by atoms with Gasteiger partial charge in [0.2, 0.25) is 0 Å². The number of nitrogens with zero attached hydrogens (tertiary/aromatic N) is 2. The van der Waals surface area contributed by atoms with Crippen molar-refractivity contribution in [2.24, 2.45) is 22.6 Å². The third kappa shape index (κ3) is 2.96. The molecular formula is C17H31N3. The molecule has 1 heterocycles. The highest BCUT2D eigenvalue weighted by Gasteiger charge is 2.38. The van der Waals surface area contributed by atoms with Crippen LogP contribution in [0.25, 0.3) is 0 Å². The molecule has 20 heavy (non-hydrogen) atoms. The highest BCUT2D eigenvalue weighted by Crippen LogP contribution is 2.36. The van der Waals surface area contributed by atoms with Crippen LogP contribution in [-0.4, -0.2) is 29.5 Å². The lowest BCUT2D eigenvalue weighted by Gasteiger charge is -2.40. The van der Waals surface area contributed by atoms with Gasteiger partial charge in [0, 0.05) is 6.04 Å². The number of nitrogens with two attached hydrogens (primary N) is 1. The first kappa shape index (κ1) is 14.2. The first-order valence-corrected chi connectivity index (χ1v) is 8.84. The van der Waals surface area contributed by atoms with E-state index in [1.807, 2.05) is 0 Å². The second-order valence-corrected chi connectivity index (χ2v) is 7.34. The topological polar surface area (TPSA) is 41.6 Å². The van der Waals surface area contributed by atoms with Crippen molar-refractivity contribution in [2.45, 2.75) is 83.2 Å². The summed E-state index contributed by atoms with van der Waals surface area (Å²) in [6.45, 7) is 3.36. The van der Waals surface area contributed by atoms with Gasteiger partial charge in [-0.3, -0.25) is 4.99 Å². The molecule has 2 N–H and O–H groups in total. The van der Waals surface area contributed by atoms with Crippen LogP contribution in [0.15, 0.2) is 4.99 Å². The second-order valence-electron chi connectivity index (χ2n) is 7.34. The predicted molar refractivity (Wildman–Crippen MR) is 84.7 cm³/mol. The van der Waals surface area contributed by atoms with Crippen LogP contribution in [0.4, 0.5) is 0 Å². The Balaban J connectivity index is 1.67. The lowest BCUT2D eigenvalue weighted by Crippen LogP contribution is -2.50. The minimum absolute atomic E-state index is 0.616. The van der Waals surface area contributed by atoms with Crippen LogP contribution in [0.5, 0.6) is 0 Å². The highest BCUT2D eigenvalue weighted by atomic mass is 15.3. The molecule has 0 amide bonds. The maximum atomic E-state index is 6.26. The minimum Gasteiger partial charge on any atom is -0.370 e. The standard InChI is InChI=1S/C17H31N3/c1-13-8-10-14(11-9-13)16-12-19-17(18)20(16)15-6-4-2-3-5-7-15/h13-16H,2-12H2,1H3,(H2,18,19). The first-order valence-electron chi connectivity index (χ1n) is 8.84. The fourth-order valence-electron chi connectivity index (χ4n) is 4.57. The van der Waals surface area contributed by atoms with Gasteiger partial charge in [0.15, 0.2) is 5.96 Å². The van der Waals surface area contributed by atoms with Gasteiger partial charge in [-0.2, -0.15) is 0 Å². The number of guanidine groups is 1. The molecule has 0 saturated heterocycles. The van der Waals surface area contributed by atoms with E-state index in [2.05, 4.69) is 16.8 Å². The van der Waals surface area contributed by atoms with Crippen molar-refractivity contribution in [3.63, 3.8) is 0 Å². The molecule has 114 valence electrons. The zero-order valence-corrected chi connectivity index (χ0v) is 13.1. The van der Waals surface area contributed by atoms with Crippen LogP contribution in [0.2, 0.25) is 0 Å². The SMILES string of the molecule is CC1CCC(C2CN=C(N)N2C2CCCCCC2)CC1. The summed E-state index contributed by atoms with van der Waals surface area (Å²) in [6, 6.07) is 1.29. The van der Waals surface area contributed by atoms with Gasteiger partial charge in [0.1, 0.15) is 0 Å². The average Bonchev–Trinajstić information content (AvgIpc) is 2.67. The van der Waals surface area contributed by atoms with Gasteiger partial charge < -0.3 is 10.6 Å². The van der Waals surface area contributed by atoms with Crippen molar-refractivity contribution < 1.29 is 0 Å². The van der Waals surface area contributed by atoms with E-state index < -0.39 is 0 Å². The van der Waals surface area contributed by atoms with Gasteiger partial charge in [-0.25, -0.2) is 0 Å². The summed E-state index contributed by atoms with van der Waals surface area (Å²) < 4.78 is 0. The Labute approximate surface area is 124 Å². The molecule has 1 aliphatic heterocycles. The Morgan fingerprint density at radius 1 is 0.950 bits per heavy atom. The molecule has 0 radical (unpaired) electrons. The van der Waals surface area contributed by atoms with Crippen LogP contribution in [0.1, 0.15) is 71.1 Å². The number of hydrogen-bond donors (Lipinski definition) is 1. The Morgan fingerprint density at radius 2 is 1.60 bits per heavy atom. The van der Waals surface area contributed by atoms with Gasteiger partial charge in [-0.15, -0.1) is 0 Å². The fraction of sp³-hybridized carbons (Fsp3) is 0.941. The van der Waals surface area contributed by atoms with Crippen LogP contribution in [0, 0.1) is 11.8 Å². The molecule has 3 rings (SSSR count). The van der Waals surface area contributed by atoms with E-state index in [1.165, 1.54) is 64.2 Å². The molecule has 2 aliphatic carbocycles. The average molecular weight is 277 g/mol. The maximum absolute atomic E-state index is 6.26. The van der Waals surface area contributed by atoms with E-state index >= 15 is 0 Å². The van der Waals surface area contributed by atoms with Gasteiger partial charge in [0.25, 0.3) is 0 Å². The molecule has 0 spiro atoms. The largest absolute Gasteiger partial charge is 0.370 e. The van der Waals surface area contributed by atoms with Gasteiger partial charge in [0.05, 0.1) is 12.6 Å². The van der Waals surface area contributed by atoms with Crippen LogP contribution < -0.4 is 5.73 Å². The number of hydrogen-bond acceptors (Lipinski definition) is 3. The molecule has 0 aromatic carbocycles. The fourth-order valence-corrected chi connectivity index (χ4v) is 4.57. The van der Waals surface area contributed by atoms with E-state index in [4.69, 9.17) is 5.73 Å². The van der Waals surface area contributed by atoms with Gasteiger partial charge in [-0.1, -0.05) is 45.4 Å². The Morgan fingerprint density at radius 3 is 2.25 bits per heavy atom. The Hall–Kier alpha value is -0.730. The third-order valence-electron chi connectivity index (χ3n) is 5.88. The monoisotopic (exact) mass is 277 g/mol. The summed E-state index contributed by atoms with van der Waals surface area (Å²) >= 11 is 0. The quantitative estimate of drug-likeness (QED) is 0.784. The molecule has 3 nitrogen and oxygen atoms in total. The molecule has 0 aromatic heterocycles. The molecule has 1 unspecified atom stereocenters. The summed E-state index contributed by atoms with van der Waals surface area (Å²) in [6.07, 6.45) is 13.8. The van der Waals surface area contributed by atoms with Gasteiger partial charge in [-0.05, 0) is 37.5 Å². The van der Waals surface area contributed by atoms with Gasteiger partial charge >= 0.3 is 0 Å². The minimum atomic E-state index is 0.616. The normalized spacial score (nSPS) is 36.8. The smallest absolute Gasteiger partial charge is 0.191 e. The summed E-state index contributed by atoms with van der Waals surface area (Å²) in [5.41, 5.74) is 6.26. The highest BCUT2D eigenvalue weighted by molar-refractivity contribution is 5.80. The summed E-state index contributed by atoms with van der Waals surface area (Å²) in [5, 5.41) is 0. The predicted octanol–water partition coefficient (Wildman–Crippen LogP) is 3.53. The lowest BCUT2D eigenvalue weighted by atomic mass is 9.78. The number of aliphatic imine (C=N–C) groups is 1. The summed E-state index contributed by atoms with van der Waals surface area (Å²) in [7, 11) is 0. The molecule has 3 aliphatic rings. The van der Waals surface area contributed by atoms with Crippen molar-refractivity contribution in [1.29, 1.82) is 0 Å². The van der Waals surface area contributed by atoms with Crippen molar-refractivity contribution in [1.82, 2.24) is 4.90 Å². The maximum Gasteiger partial charge on any atom is 0.191 e. The van der Waals surface area contributed by atoms with E-state index in [9.17, 15) is 0 Å². The zero-order chi connectivity index (χ0) is 13.9.